The molecule has 0 radical (unpaired) electrons. The van der Waals surface area contributed by atoms with Gasteiger partial charge in [0.25, 0.3) is 5.91 Å². The van der Waals surface area contributed by atoms with E-state index in [2.05, 4.69) is 5.32 Å². The zero-order valence-corrected chi connectivity index (χ0v) is 12.5. The monoisotopic (exact) mass is 295 g/mol. The Morgan fingerprint density at radius 2 is 1.81 bits per heavy atom. The molecule has 116 valence electrons. The van der Waals surface area contributed by atoms with Gasteiger partial charge in [0.15, 0.2) is 0 Å². The maximum Gasteiger partial charge on any atom is 0.303 e. The van der Waals surface area contributed by atoms with Gasteiger partial charge in [0, 0.05) is 13.0 Å². The lowest BCUT2D eigenvalue weighted by atomic mass is 10.1. The summed E-state index contributed by atoms with van der Waals surface area (Å²) in [6, 6.07) is 5.11. The lowest BCUT2D eigenvalue weighted by Crippen LogP contribution is -2.29. The first kappa shape index (κ1) is 16.8. The van der Waals surface area contributed by atoms with Gasteiger partial charge in [-0.3, -0.25) is 9.59 Å². The van der Waals surface area contributed by atoms with Crippen molar-refractivity contribution in [3.05, 3.63) is 23.8 Å². The first-order valence-corrected chi connectivity index (χ1v) is 6.70. The summed E-state index contributed by atoms with van der Waals surface area (Å²) in [6.45, 7) is 2.29. The van der Waals surface area contributed by atoms with Crippen molar-refractivity contribution in [3.8, 4) is 11.5 Å². The summed E-state index contributed by atoms with van der Waals surface area (Å²) in [5.74, 6) is -0.188. The highest BCUT2D eigenvalue weighted by Gasteiger charge is 2.18. The zero-order chi connectivity index (χ0) is 15.8. The number of carbonyl (C=O) groups is 2. The van der Waals surface area contributed by atoms with Crippen LogP contribution in [-0.2, 0) is 4.79 Å². The number of hydrogen-bond donors (Lipinski definition) is 2. The third-order valence-corrected chi connectivity index (χ3v) is 3.12. The van der Waals surface area contributed by atoms with Crippen LogP contribution >= 0.6 is 0 Å². The minimum absolute atomic E-state index is 0.0748. The van der Waals surface area contributed by atoms with Gasteiger partial charge < -0.3 is 19.9 Å². The first-order chi connectivity index (χ1) is 9.99. The Labute approximate surface area is 124 Å². The molecule has 1 rings (SSSR count). The van der Waals surface area contributed by atoms with Crippen LogP contribution in [0.1, 0.15) is 30.1 Å². The molecule has 1 unspecified atom stereocenters. The van der Waals surface area contributed by atoms with E-state index in [-0.39, 0.29) is 18.2 Å². The van der Waals surface area contributed by atoms with E-state index < -0.39 is 5.97 Å². The van der Waals surface area contributed by atoms with Crippen LogP contribution in [0.2, 0.25) is 0 Å². The van der Waals surface area contributed by atoms with E-state index in [9.17, 15) is 9.59 Å². The van der Waals surface area contributed by atoms with E-state index in [1.165, 1.54) is 14.2 Å². The number of ether oxygens (including phenoxy) is 2. The molecule has 0 aliphatic heterocycles. The average Bonchev–Trinajstić information content (AvgIpc) is 2.49. The van der Waals surface area contributed by atoms with Crippen LogP contribution in [0, 0.1) is 5.92 Å². The van der Waals surface area contributed by atoms with Gasteiger partial charge in [-0.2, -0.15) is 0 Å². The van der Waals surface area contributed by atoms with Crippen LogP contribution in [0.4, 0.5) is 0 Å². The summed E-state index contributed by atoms with van der Waals surface area (Å²) in [6.07, 6.45) is 0.605. The van der Waals surface area contributed by atoms with Gasteiger partial charge in [-0.15, -0.1) is 0 Å². The van der Waals surface area contributed by atoms with Gasteiger partial charge in [-0.25, -0.2) is 0 Å². The molecule has 2 N–H and O–H groups in total. The van der Waals surface area contributed by atoms with Crippen molar-refractivity contribution in [2.24, 2.45) is 5.92 Å². The molecule has 1 amide bonds. The van der Waals surface area contributed by atoms with Crippen molar-refractivity contribution >= 4 is 11.9 Å². The molecule has 0 aromatic heterocycles. The predicted molar refractivity (Wildman–Crippen MR) is 77.9 cm³/mol. The molecule has 0 saturated heterocycles. The molecule has 0 aliphatic rings. The first-order valence-electron chi connectivity index (χ1n) is 6.70. The van der Waals surface area contributed by atoms with E-state index >= 15 is 0 Å². The van der Waals surface area contributed by atoms with E-state index in [1.807, 2.05) is 6.92 Å². The van der Waals surface area contributed by atoms with Gasteiger partial charge >= 0.3 is 5.97 Å². The number of carbonyl (C=O) groups excluding carboxylic acids is 1. The van der Waals surface area contributed by atoms with E-state index in [1.54, 1.807) is 18.2 Å². The lowest BCUT2D eigenvalue weighted by molar-refractivity contribution is -0.137. The second-order valence-corrected chi connectivity index (χ2v) is 4.79. The number of hydrogen-bond acceptors (Lipinski definition) is 4. The van der Waals surface area contributed by atoms with E-state index in [0.29, 0.717) is 30.0 Å². The number of carboxylic acid groups (broad SMARTS) is 1. The topological polar surface area (TPSA) is 84.9 Å². The minimum Gasteiger partial charge on any atom is -0.496 e. The van der Waals surface area contributed by atoms with Gasteiger partial charge in [0.2, 0.25) is 0 Å². The van der Waals surface area contributed by atoms with Crippen LogP contribution in [0.15, 0.2) is 18.2 Å². The molecule has 0 heterocycles. The maximum atomic E-state index is 12.3. The number of methoxy groups -OCH3 is 2. The molecule has 0 fully saturated rings. The van der Waals surface area contributed by atoms with Gasteiger partial charge in [-0.1, -0.05) is 13.0 Å². The molecule has 6 nitrogen and oxygen atoms in total. The highest BCUT2D eigenvalue weighted by Crippen LogP contribution is 2.27. The average molecular weight is 295 g/mol. The fourth-order valence-electron chi connectivity index (χ4n) is 1.90. The molecule has 21 heavy (non-hydrogen) atoms. The molecule has 0 bridgehead atoms. The molecule has 1 atom stereocenters. The molecule has 0 spiro atoms. The summed E-state index contributed by atoms with van der Waals surface area (Å²) < 4.78 is 10.4. The van der Waals surface area contributed by atoms with Crippen molar-refractivity contribution in [1.82, 2.24) is 5.32 Å². The fourth-order valence-corrected chi connectivity index (χ4v) is 1.90. The Morgan fingerprint density at radius 1 is 1.24 bits per heavy atom. The number of nitrogens with one attached hydrogen (secondary N) is 1. The van der Waals surface area contributed by atoms with Crippen molar-refractivity contribution in [2.75, 3.05) is 20.8 Å². The second kappa shape index (κ2) is 8.14. The van der Waals surface area contributed by atoms with Crippen LogP contribution in [0.3, 0.4) is 0 Å². The second-order valence-electron chi connectivity index (χ2n) is 4.79. The number of carboxylic acids is 1. The van der Waals surface area contributed by atoms with Crippen LogP contribution in [0.5, 0.6) is 11.5 Å². The molecule has 1 aromatic rings. The minimum atomic E-state index is -0.834. The Bertz CT molecular complexity index is 479. The smallest absolute Gasteiger partial charge is 0.303 e. The maximum absolute atomic E-state index is 12.3. The predicted octanol–water partition coefficient (Wildman–Crippen LogP) is 1.93. The van der Waals surface area contributed by atoms with Gasteiger partial charge in [-0.05, 0) is 24.5 Å². The third-order valence-electron chi connectivity index (χ3n) is 3.12. The highest BCUT2D eigenvalue weighted by atomic mass is 16.5. The Balaban J connectivity index is 2.69. The van der Waals surface area contributed by atoms with Crippen LogP contribution < -0.4 is 14.8 Å². The van der Waals surface area contributed by atoms with E-state index in [4.69, 9.17) is 14.6 Å². The van der Waals surface area contributed by atoms with Crippen molar-refractivity contribution in [1.29, 1.82) is 0 Å². The molecule has 0 saturated carbocycles. The summed E-state index contributed by atoms with van der Waals surface area (Å²) >= 11 is 0. The van der Waals surface area contributed by atoms with Crippen LogP contribution in [-0.4, -0.2) is 37.7 Å². The Morgan fingerprint density at radius 3 is 2.29 bits per heavy atom. The Hall–Kier alpha value is -2.24. The molecule has 1 aromatic carbocycles. The van der Waals surface area contributed by atoms with Gasteiger partial charge in [0.05, 0.1) is 14.2 Å². The van der Waals surface area contributed by atoms with Gasteiger partial charge in [0.1, 0.15) is 17.1 Å². The number of benzene rings is 1. The van der Waals surface area contributed by atoms with Crippen molar-refractivity contribution < 1.29 is 24.2 Å². The lowest BCUT2D eigenvalue weighted by Gasteiger charge is -2.15. The Kier molecular flexibility index (Phi) is 6.52. The van der Waals surface area contributed by atoms with Crippen molar-refractivity contribution in [3.63, 3.8) is 0 Å². The highest BCUT2D eigenvalue weighted by molar-refractivity contribution is 5.99. The SMILES string of the molecule is COc1cccc(OC)c1C(=O)NCC(C)CCC(=O)O. The normalized spacial score (nSPS) is 11.6. The quantitative estimate of drug-likeness (QED) is 0.765. The number of aliphatic carboxylic acids is 1. The standard InChI is InChI=1S/C15H21NO5/c1-10(7-8-13(17)18)9-16-15(19)14-11(20-2)5-4-6-12(14)21-3/h4-6,10H,7-9H2,1-3H3,(H,16,19)(H,17,18). The fraction of sp³-hybridized carbons (Fsp3) is 0.467. The summed E-state index contributed by atoms with van der Waals surface area (Å²) in [5.41, 5.74) is 0.341. The zero-order valence-electron chi connectivity index (χ0n) is 12.5. The van der Waals surface area contributed by atoms with Crippen molar-refractivity contribution in [2.45, 2.75) is 19.8 Å². The molecule has 6 heteroatoms. The summed E-state index contributed by atoms with van der Waals surface area (Å²) in [5, 5.41) is 11.4. The number of rotatable bonds is 8. The largest absolute Gasteiger partial charge is 0.496 e. The van der Waals surface area contributed by atoms with Crippen LogP contribution in [0.25, 0.3) is 0 Å². The summed E-state index contributed by atoms with van der Waals surface area (Å²) in [7, 11) is 2.97. The summed E-state index contributed by atoms with van der Waals surface area (Å²) in [4.78, 5) is 22.8. The number of amides is 1. The molecular formula is C15H21NO5. The molecular weight excluding hydrogens is 274 g/mol. The van der Waals surface area contributed by atoms with E-state index in [0.717, 1.165) is 0 Å². The molecule has 0 aliphatic carbocycles. The third kappa shape index (κ3) is 4.98.